The highest BCUT2D eigenvalue weighted by molar-refractivity contribution is 5.99. The maximum Gasteiger partial charge on any atom is 0.327 e. The molecule has 0 spiro atoms. The van der Waals surface area contributed by atoms with Crippen LogP contribution < -0.4 is 0 Å². The second kappa shape index (κ2) is 6.02. The predicted octanol–water partition coefficient (Wildman–Crippen LogP) is 4.56. The van der Waals surface area contributed by atoms with E-state index in [1.54, 1.807) is 0 Å². The van der Waals surface area contributed by atoms with Crippen LogP contribution in [-0.2, 0) is 4.79 Å². The number of fused-ring (bicyclic) bond motifs is 2. The summed E-state index contributed by atoms with van der Waals surface area (Å²) in [5.41, 5.74) is 1.35. The molecule has 0 atom stereocenters. The third-order valence-electron chi connectivity index (χ3n) is 3.14. The number of carboxylic acid groups (broad SMARTS) is 1. The first-order valence-electron chi connectivity index (χ1n) is 6.35. The van der Waals surface area contributed by atoms with Gasteiger partial charge in [-0.3, -0.25) is 0 Å². The summed E-state index contributed by atoms with van der Waals surface area (Å²) >= 11 is 0. The smallest absolute Gasteiger partial charge is 0.327 e. The molecule has 100 valence electrons. The van der Waals surface area contributed by atoms with Crippen molar-refractivity contribution in [3.05, 3.63) is 72.8 Å². The van der Waals surface area contributed by atoms with Crippen molar-refractivity contribution in [1.29, 1.82) is 0 Å². The van der Waals surface area contributed by atoms with Crippen LogP contribution in [0, 0.1) is 6.92 Å². The van der Waals surface area contributed by atoms with E-state index < -0.39 is 5.97 Å². The van der Waals surface area contributed by atoms with Crippen molar-refractivity contribution >= 4 is 27.5 Å². The van der Waals surface area contributed by atoms with E-state index in [0.29, 0.717) is 0 Å². The molecule has 0 unspecified atom stereocenters. The number of carbonyl (C=O) groups is 1. The van der Waals surface area contributed by atoms with Gasteiger partial charge in [0.15, 0.2) is 0 Å². The first kappa shape index (κ1) is 13.8. The van der Waals surface area contributed by atoms with Gasteiger partial charge in [-0.05, 0) is 46.2 Å². The van der Waals surface area contributed by atoms with E-state index in [9.17, 15) is 4.79 Å². The van der Waals surface area contributed by atoms with Crippen LogP contribution in [0.5, 0.6) is 0 Å². The summed E-state index contributed by atoms with van der Waals surface area (Å²) in [7, 11) is 0. The molecule has 2 heteroatoms. The Morgan fingerprint density at radius 1 is 1.00 bits per heavy atom. The summed E-state index contributed by atoms with van der Waals surface area (Å²) in [6.45, 7) is 5.12. The largest absolute Gasteiger partial charge is 0.478 e. The number of carboxylic acids is 1. The number of hydrogen-bond donors (Lipinski definition) is 1. The van der Waals surface area contributed by atoms with E-state index in [1.165, 1.54) is 27.1 Å². The molecular formula is C18H16O2. The number of hydrogen-bond acceptors (Lipinski definition) is 1. The van der Waals surface area contributed by atoms with Crippen LogP contribution in [0.1, 0.15) is 5.56 Å². The molecule has 0 amide bonds. The Balaban J connectivity index is 0.000000257. The van der Waals surface area contributed by atoms with E-state index in [0.717, 1.165) is 6.08 Å². The van der Waals surface area contributed by atoms with Crippen molar-refractivity contribution in [3.63, 3.8) is 0 Å². The zero-order valence-electron chi connectivity index (χ0n) is 11.3. The molecule has 0 aliphatic carbocycles. The lowest BCUT2D eigenvalue weighted by Gasteiger charge is -2.04. The Bertz CT molecular complexity index is 773. The van der Waals surface area contributed by atoms with Crippen LogP contribution in [0.2, 0.25) is 0 Å². The van der Waals surface area contributed by atoms with E-state index in [1.807, 2.05) is 0 Å². The molecule has 0 aliphatic heterocycles. The van der Waals surface area contributed by atoms with E-state index >= 15 is 0 Å². The Kier molecular flexibility index (Phi) is 4.16. The molecule has 1 N–H and O–H groups in total. The van der Waals surface area contributed by atoms with Crippen molar-refractivity contribution in [2.45, 2.75) is 6.92 Å². The highest BCUT2D eigenvalue weighted by atomic mass is 16.4. The van der Waals surface area contributed by atoms with Gasteiger partial charge in [-0.1, -0.05) is 49.0 Å². The standard InChI is InChI=1S/C15H12.C3H4O2/c1-11-5-4-8-14-9-12-6-2-3-7-13(12)10-15(11)14;1-2-3(4)5/h2-10H,1H3;2H,1H2,(H,4,5). The van der Waals surface area contributed by atoms with Crippen LogP contribution in [-0.4, -0.2) is 11.1 Å². The van der Waals surface area contributed by atoms with Gasteiger partial charge in [-0.15, -0.1) is 0 Å². The highest BCUT2D eigenvalue weighted by Crippen LogP contribution is 2.24. The summed E-state index contributed by atoms with van der Waals surface area (Å²) in [4.78, 5) is 9.25. The van der Waals surface area contributed by atoms with Gasteiger partial charge in [0.1, 0.15) is 0 Å². The van der Waals surface area contributed by atoms with Gasteiger partial charge in [0.25, 0.3) is 0 Å². The molecule has 0 aromatic heterocycles. The number of rotatable bonds is 1. The lowest BCUT2D eigenvalue weighted by Crippen LogP contribution is -1.82. The molecule has 0 fully saturated rings. The minimum Gasteiger partial charge on any atom is -0.478 e. The third-order valence-corrected chi connectivity index (χ3v) is 3.14. The first-order chi connectivity index (χ1) is 9.61. The van der Waals surface area contributed by atoms with Crippen molar-refractivity contribution in [2.75, 3.05) is 0 Å². The SMILES string of the molecule is C=CC(=O)O.Cc1cccc2cc3ccccc3cc12. The van der Waals surface area contributed by atoms with Gasteiger partial charge < -0.3 is 5.11 Å². The molecule has 0 saturated heterocycles. The van der Waals surface area contributed by atoms with Gasteiger partial charge in [0.05, 0.1) is 0 Å². The Hall–Kier alpha value is -2.61. The predicted molar refractivity (Wildman–Crippen MR) is 84.0 cm³/mol. The average Bonchev–Trinajstić information content (AvgIpc) is 2.46. The van der Waals surface area contributed by atoms with Crippen molar-refractivity contribution in [2.24, 2.45) is 0 Å². The number of benzene rings is 3. The lowest BCUT2D eigenvalue weighted by molar-refractivity contribution is -0.131. The van der Waals surface area contributed by atoms with Gasteiger partial charge in [-0.2, -0.15) is 0 Å². The molecule has 20 heavy (non-hydrogen) atoms. The summed E-state index contributed by atoms with van der Waals surface area (Å²) < 4.78 is 0. The van der Waals surface area contributed by atoms with E-state index in [-0.39, 0.29) is 0 Å². The summed E-state index contributed by atoms with van der Waals surface area (Å²) in [6, 6.07) is 19.5. The summed E-state index contributed by atoms with van der Waals surface area (Å²) in [5, 5.41) is 12.9. The molecule has 0 radical (unpaired) electrons. The minimum absolute atomic E-state index is 0.833. The van der Waals surface area contributed by atoms with Gasteiger partial charge in [0.2, 0.25) is 0 Å². The van der Waals surface area contributed by atoms with Crippen LogP contribution in [0.3, 0.4) is 0 Å². The van der Waals surface area contributed by atoms with Crippen LogP contribution in [0.15, 0.2) is 67.3 Å². The van der Waals surface area contributed by atoms with Crippen molar-refractivity contribution in [3.8, 4) is 0 Å². The second-order valence-electron chi connectivity index (χ2n) is 4.54. The fourth-order valence-electron chi connectivity index (χ4n) is 2.12. The zero-order valence-corrected chi connectivity index (χ0v) is 11.3. The zero-order chi connectivity index (χ0) is 14.5. The Morgan fingerprint density at radius 3 is 2.15 bits per heavy atom. The second-order valence-corrected chi connectivity index (χ2v) is 4.54. The van der Waals surface area contributed by atoms with Gasteiger partial charge in [-0.25, -0.2) is 4.79 Å². The topological polar surface area (TPSA) is 37.3 Å². The molecule has 3 aromatic rings. The van der Waals surface area contributed by atoms with Gasteiger partial charge in [0, 0.05) is 6.08 Å². The summed E-state index contributed by atoms with van der Waals surface area (Å²) in [5.74, 6) is -0.981. The van der Waals surface area contributed by atoms with Crippen LogP contribution >= 0.6 is 0 Å². The molecule has 3 rings (SSSR count). The monoisotopic (exact) mass is 264 g/mol. The molecular weight excluding hydrogens is 248 g/mol. The number of aliphatic carboxylic acids is 1. The maximum atomic E-state index is 9.25. The Labute approximate surface area is 118 Å². The molecule has 0 aliphatic rings. The lowest BCUT2D eigenvalue weighted by atomic mass is 10.0. The van der Waals surface area contributed by atoms with E-state index in [2.05, 4.69) is 68.1 Å². The summed E-state index contributed by atoms with van der Waals surface area (Å²) in [6.07, 6.45) is 0.833. The fourth-order valence-corrected chi connectivity index (χ4v) is 2.12. The van der Waals surface area contributed by atoms with Crippen molar-refractivity contribution < 1.29 is 9.90 Å². The normalized spacial score (nSPS) is 9.85. The van der Waals surface area contributed by atoms with Crippen LogP contribution in [0.25, 0.3) is 21.5 Å². The minimum atomic E-state index is -0.981. The maximum absolute atomic E-state index is 9.25. The molecule has 3 aromatic carbocycles. The highest BCUT2D eigenvalue weighted by Gasteiger charge is 1.98. The Morgan fingerprint density at radius 2 is 1.55 bits per heavy atom. The first-order valence-corrected chi connectivity index (χ1v) is 6.35. The third kappa shape index (κ3) is 3.04. The molecule has 0 saturated carbocycles. The molecule has 0 heterocycles. The van der Waals surface area contributed by atoms with E-state index in [4.69, 9.17) is 5.11 Å². The fraction of sp³-hybridized carbons (Fsp3) is 0.0556. The number of aryl methyl sites for hydroxylation is 1. The molecule has 2 nitrogen and oxygen atoms in total. The van der Waals surface area contributed by atoms with Gasteiger partial charge >= 0.3 is 5.97 Å². The molecule has 0 bridgehead atoms. The quantitative estimate of drug-likeness (QED) is 0.517. The van der Waals surface area contributed by atoms with Crippen molar-refractivity contribution in [1.82, 2.24) is 0 Å². The average molecular weight is 264 g/mol. The van der Waals surface area contributed by atoms with Crippen LogP contribution in [0.4, 0.5) is 0 Å².